The van der Waals surface area contributed by atoms with E-state index in [1.54, 1.807) is 18.2 Å². The Morgan fingerprint density at radius 1 is 1.00 bits per heavy atom. The number of anilines is 3. The van der Waals surface area contributed by atoms with E-state index in [1.165, 1.54) is 0 Å². The van der Waals surface area contributed by atoms with Gasteiger partial charge in [0.05, 0.1) is 0 Å². The fourth-order valence-electron chi connectivity index (χ4n) is 1.59. The molecule has 0 atom stereocenters. The van der Waals surface area contributed by atoms with Gasteiger partial charge in [0.15, 0.2) is 0 Å². The average molecular weight is 297 g/mol. The molecule has 100 valence electrons. The molecule has 19 heavy (non-hydrogen) atoms. The van der Waals surface area contributed by atoms with Crippen molar-refractivity contribution in [3.63, 3.8) is 0 Å². The first-order valence-electron chi connectivity index (χ1n) is 5.70. The van der Waals surface area contributed by atoms with E-state index in [0.29, 0.717) is 21.8 Å². The van der Waals surface area contributed by atoms with Crippen molar-refractivity contribution in [2.24, 2.45) is 0 Å². The van der Waals surface area contributed by atoms with Crippen LogP contribution < -0.4 is 10.2 Å². The second-order valence-electron chi connectivity index (χ2n) is 4.37. The van der Waals surface area contributed by atoms with Gasteiger partial charge in [0.1, 0.15) is 5.82 Å². The van der Waals surface area contributed by atoms with Crippen LogP contribution in [0, 0.1) is 6.92 Å². The summed E-state index contributed by atoms with van der Waals surface area (Å²) in [6, 6.07) is 7.13. The number of halogens is 2. The number of aromatic nitrogens is 2. The molecule has 1 heterocycles. The van der Waals surface area contributed by atoms with Crippen molar-refractivity contribution in [3.05, 3.63) is 40.0 Å². The zero-order valence-electron chi connectivity index (χ0n) is 10.9. The molecule has 4 nitrogen and oxygen atoms in total. The fraction of sp³-hybridized carbons (Fsp3) is 0.231. The van der Waals surface area contributed by atoms with Crippen LogP contribution in [-0.4, -0.2) is 24.1 Å². The van der Waals surface area contributed by atoms with Gasteiger partial charge in [0, 0.05) is 41.6 Å². The van der Waals surface area contributed by atoms with Crippen LogP contribution in [0.15, 0.2) is 24.3 Å². The van der Waals surface area contributed by atoms with Crippen molar-refractivity contribution in [2.45, 2.75) is 6.92 Å². The highest BCUT2D eigenvalue weighted by atomic mass is 35.5. The van der Waals surface area contributed by atoms with E-state index in [4.69, 9.17) is 23.2 Å². The summed E-state index contributed by atoms with van der Waals surface area (Å²) in [5.41, 5.74) is 1.68. The van der Waals surface area contributed by atoms with Crippen molar-refractivity contribution in [3.8, 4) is 0 Å². The standard InChI is InChI=1S/C13H14Cl2N4/c1-8-4-12(18-13(16-8)19(2)3)17-11-6-9(14)5-10(15)7-11/h4-7H,1-3H3,(H,16,17,18). The average Bonchev–Trinajstić information content (AvgIpc) is 2.26. The van der Waals surface area contributed by atoms with Crippen molar-refractivity contribution < 1.29 is 0 Å². The summed E-state index contributed by atoms with van der Waals surface area (Å²) in [4.78, 5) is 10.6. The molecule has 0 aliphatic carbocycles. The molecule has 1 N–H and O–H groups in total. The third-order valence-corrected chi connectivity index (χ3v) is 2.81. The molecule has 0 fully saturated rings. The lowest BCUT2D eigenvalue weighted by atomic mass is 10.3. The summed E-state index contributed by atoms with van der Waals surface area (Å²) >= 11 is 11.9. The molecule has 1 aromatic heterocycles. The van der Waals surface area contributed by atoms with Crippen LogP contribution in [0.1, 0.15) is 5.69 Å². The molecule has 2 rings (SSSR count). The van der Waals surface area contributed by atoms with Crippen molar-refractivity contribution >= 4 is 40.7 Å². The number of nitrogens with zero attached hydrogens (tertiary/aromatic N) is 3. The molecular formula is C13H14Cl2N4. The lowest BCUT2D eigenvalue weighted by Gasteiger charge is -2.13. The van der Waals surface area contributed by atoms with Crippen LogP contribution in [-0.2, 0) is 0 Å². The Labute approximate surface area is 122 Å². The van der Waals surface area contributed by atoms with E-state index < -0.39 is 0 Å². The number of hydrogen-bond acceptors (Lipinski definition) is 4. The Balaban J connectivity index is 2.32. The van der Waals surface area contributed by atoms with E-state index in [1.807, 2.05) is 32.0 Å². The maximum atomic E-state index is 5.96. The predicted molar refractivity (Wildman–Crippen MR) is 80.8 cm³/mol. The molecule has 6 heteroatoms. The fourth-order valence-corrected chi connectivity index (χ4v) is 2.12. The largest absolute Gasteiger partial charge is 0.347 e. The van der Waals surface area contributed by atoms with Gasteiger partial charge in [-0.1, -0.05) is 23.2 Å². The third-order valence-electron chi connectivity index (χ3n) is 2.38. The smallest absolute Gasteiger partial charge is 0.226 e. The summed E-state index contributed by atoms with van der Waals surface area (Å²) in [7, 11) is 3.80. The molecule has 0 aliphatic rings. The molecule has 0 unspecified atom stereocenters. The van der Waals surface area contributed by atoms with Gasteiger partial charge in [0.2, 0.25) is 5.95 Å². The van der Waals surface area contributed by atoms with Crippen molar-refractivity contribution in [2.75, 3.05) is 24.3 Å². The molecule has 0 saturated heterocycles. The minimum absolute atomic E-state index is 0.577. The van der Waals surface area contributed by atoms with Crippen LogP contribution >= 0.6 is 23.2 Å². The Bertz CT molecular complexity index is 579. The van der Waals surface area contributed by atoms with Gasteiger partial charge in [-0.15, -0.1) is 0 Å². The Morgan fingerprint density at radius 3 is 2.21 bits per heavy atom. The quantitative estimate of drug-likeness (QED) is 0.932. The summed E-state index contributed by atoms with van der Waals surface area (Å²) < 4.78 is 0. The van der Waals surface area contributed by atoms with Gasteiger partial charge in [-0.2, -0.15) is 4.98 Å². The van der Waals surface area contributed by atoms with Gasteiger partial charge < -0.3 is 10.2 Å². The Hall–Kier alpha value is -1.52. The maximum Gasteiger partial charge on any atom is 0.226 e. The van der Waals surface area contributed by atoms with Crippen molar-refractivity contribution in [1.82, 2.24) is 9.97 Å². The van der Waals surface area contributed by atoms with E-state index in [2.05, 4.69) is 15.3 Å². The van der Waals surface area contributed by atoms with Crippen LogP contribution in [0.25, 0.3) is 0 Å². The van der Waals surface area contributed by atoms with E-state index in [0.717, 1.165) is 11.4 Å². The van der Waals surface area contributed by atoms with Crippen LogP contribution in [0.4, 0.5) is 17.5 Å². The monoisotopic (exact) mass is 296 g/mol. The molecule has 0 radical (unpaired) electrons. The minimum atomic E-state index is 0.577. The molecule has 0 spiro atoms. The van der Waals surface area contributed by atoms with Gasteiger partial charge in [-0.3, -0.25) is 0 Å². The third kappa shape index (κ3) is 3.72. The molecule has 0 bridgehead atoms. The van der Waals surface area contributed by atoms with Crippen LogP contribution in [0.2, 0.25) is 10.0 Å². The zero-order chi connectivity index (χ0) is 14.0. The number of benzene rings is 1. The molecule has 0 saturated carbocycles. The summed E-state index contributed by atoms with van der Waals surface area (Å²) in [6.45, 7) is 1.92. The number of nitrogens with one attached hydrogen (secondary N) is 1. The number of hydrogen-bond donors (Lipinski definition) is 1. The summed E-state index contributed by atoms with van der Waals surface area (Å²) in [6.07, 6.45) is 0. The lowest BCUT2D eigenvalue weighted by Crippen LogP contribution is -2.14. The maximum absolute atomic E-state index is 5.96. The molecule has 1 aromatic carbocycles. The second kappa shape index (κ2) is 5.63. The van der Waals surface area contributed by atoms with Gasteiger partial charge in [-0.05, 0) is 25.1 Å². The van der Waals surface area contributed by atoms with Crippen LogP contribution in [0.5, 0.6) is 0 Å². The number of rotatable bonds is 3. The molecule has 2 aromatic rings. The first kappa shape index (κ1) is 13.9. The molecule has 0 amide bonds. The topological polar surface area (TPSA) is 41.1 Å². The predicted octanol–water partition coefficient (Wildman–Crippen LogP) is 3.90. The Kier molecular flexibility index (Phi) is 4.12. The normalized spacial score (nSPS) is 10.4. The Morgan fingerprint density at radius 2 is 1.63 bits per heavy atom. The van der Waals surface area contributed by atoms with Gasteiger partial charge in [0.25, 0.3) is 0 Å². The highest BCUT2D eigenvalue weighted by Gasteiger charge is 2.05. The molecule has 0 aliphatic heterocycles. The summed E-state index contributed by atoms with van der Waals surface area (Å²) in [5, 5.41) is 4.33. The SMILES string of the molecule is Cc1cc(Nc2cc(Cl)cc(Cl)c2)nc(N(C)C)n1. The minimum Gasteiger partial charge on any atom is -0.347 e. The lowest BCUT2D eigenvalue weighted by molar-refractivity contribution is 0.980. The zero-order valence-corrected chi connectivity index (χ0v) is 12.4. The van der Waals surface area contributed by atoms with E-state index >= 15 is 0 Å². The highest BCUT2D eigenvalue weighted by Crippen LogP contribution is 2.25. The first-order chi connectivity index (χ1) is 8.94. The highest BCUT2D eigenvalue weighted by molar-refractivity contribution is 6.35. The molecular weight excluding hydrogens is 283 g/mol. The first-order valence-corrected chi connectivity index (χ1v) is 6.46. The van der Waals surface area contributed by atoms with E-state index in [-0.39, 0.29) is 0 Å². The number of aryl methyl sites for hydroxylation is 1. The van der Waals surface area contributed by atoms with Crippen LogP contribution in [0.3, 0.4) is 0 Å². The van der Waals surface area contributed by atoms with E-state index in [9.17, 15) is 0 Å². The summed E-state index contributed by atoms with van der Waals surface area (Å²) in [5.74, 6) is 1.35. The second-order valence-corrected chi connectivity index (χ2v) is 5.24. The van der Waals surface area contributed by atoms with Gasteiger partial charge in [-0.25, -0.2) is 4.98 Å². The van der Waals surface area contributed by atoms with Gasteiger partial charge >= 0.3 is 0 Å². The van der Waals surface area contributed by atoms with Crippen molar-refractivity contribution in [1.29, 1.82) is 0 Å².